The van der Waals surface area contributed by atoms with Gasteiger partial charge in [-0.3, -0.25) is 9.52 Å². The summed E-state index contributed by atoms with van der Waals surface area (Å²) >= 11 is 0. The standard InChI is InChI=1S/C35H41F3N8O5S/c1-33(2,35(36,37)38)22-51-28-15-18-46(43-28)31-30-25-12-7-6-11-24(25)10-5-3-4-8-17-45(21-34(32(39)47)16-19-50-23-34)27-13-9-14-29(42-27)52(48,49)44-26(41-30)20-40-31/h6-7,9,11-15,18,20H,3-5,8,10,16-17,19,21-23H2,1-2H3,(H2,39,47)(H,41,44). The molecule has 3 aromatic heterocycles. The molecule has 52 heavy (non-hydrogen) atoms. The number of rotatable bonds is 7. The minimum absolute atomic E-state index is 0.0455. The van der Waals surface area contributed by atoms with E-state index in [-0.39, 0.29) is 35.7 Å². The summed E-state index contributed by atoms with van der Waals surface area (Å²) < 4.78 is 82.7. The second-order valence-corrected chi connectivity index (χ2v) is 15.5. The molecule has 1 unspecified atom stereocenters. The Morgan fingerprint density at radius 2 is 1.85 bits per heavy atom. The van der Waals surface area contributed by atoms with E-state index in [2.05, 4.69) is 19.8 Å². The van der Waals surface area contributed by atoms with Crippen LogP contribution in [0.1, 0.15) is 51.5 Å². The van der Waals surface area contributed by atoms with Crippen LogP contribution in [-0.2, 0) is 26.0 Å². The number of alkyl halides is 3. The Morgan fingerprint density at radius 1 is 1.06 bits per heavy atom. The molecule has 0 aliphatic carbocycles. The fraction of sp³-hybridized carbons (Fsp3) is 0.457. The molecule has 1 atom stereocenters. The first-order chi connectivity index (χ1) is 24.7. The zero-order chi connectivity index (χ0) is 37.1. The van der Waals surface area contributed by atoms with Crippen LogP contribution in [0.25, 0.3) is 17.1 Å². The first-order valence-corrected chi connectivity index (χ1v) is 18.5. The average molecular weight is 743 g/mol. The third-order valence-electron chi connectivity index (χ3n) is 9.45. The number of fused-ring (bicyclic) bond motifs is 6. The van der Waals surface area contributed by atoms with E-state index in [4.69, 9.17) is 20.2 Å². The summed E-state index contributed by atoms with van der Waals surface area (Å²) in [5.74, 6) is -0.0124. The van der Waals surface area contributed by atoms with E-state index in [0.717, 1.165) is 45.1 Å². The number of carbonyl (C=O) groups excluding carboxylic acids is 1. The maximum atomic E-state index is 13.8. The highest BCUT2D eigenvalue weighted by Gasteiger charge is 2.48. The molecule has 1 aromatic carbocycles. The zero-order valence-corrected chi connectivity index (χ0v) is 29.7. The molecule has 2 aliphatic rings. The molecule has 0 spiro atoms. The minimum Gasteiger partial charge on any atom is -0.476 e. The normalized spacial score (nSPS) is 19.7. The number of halogens is 3. The topological polar surface area (TPSA) is 167 Å². The van der Waals surface area contributed by atoms with Gasteiger partial charge in [-0.2, -0.15) is 21.6 Å². The summed E-state index contributed by atoms with van der Waals surface area (Å²) in [4.78, 5) is 28.3. The van der Waals surface area contributed by atoms with Crippen LogP contribution in [-0.4, -0.2) is 78.1 Å². The molecule has 13 nitrogen and oxygen atoms in total. The highest BCUT2D eigenvalue weighted by molar-refractivity contribution is 7.92. The van der Waals surface area contributed by atoms with Crippen LogP contribution >= 0.6 is 0 Å². The largest absolute Gasteiger partial charge is 0.476 e. The van der Waals surface area contributed by atoms with Crippen LogP contribution in [0.5, 0.6) is 5.88 Å². The van der Waals surface area contributed by atoms with E-state index in [9.17, 15) is 26.4 Å². The number of pyridine rings is 1. The Balaban J connectivity index is 1.37. The maximum absolute atomic E-state index is 13.8. The van der Waals surface area contributed by atoms with Crippen molar-refractivity contribution in [2.45, 2.75) is 63.6 Å². The number of hydrogen-bond donors (Lipinski definition) is 2. The molecule has 4 aromatic rings. The van der Waals surface area contributed by atoms with Gasteiger partial charge < -0.3 is 20.1 Å². The number of primary amides is 1. The van der Waals surface area contributed by atoms with Gasteiger partial charge in [-0.1, -0.05) is 43.2 Å². The molecule has 278 valence electrons. The molecule has 0 radical (unpaired) electrons. The molecule has 0 saturated carbocycles. The molecule has 1 fully saturated rings. The van der Waals surface area contributed by atoms with Gasteiger partial charge in [0.1, 0.15) is 18.1 Å². The second-order valence-electron chi connectivity index (χ2n) is 13.8. The van der Waals surface area contributed by atoms with Crippen molar-refractivity contribution in [2.75, 3.05) is 42.5 Å². The number of aromatic nitrogens is 5. The number of nitrogens with one attached hydrogen (secondary N) is 1. The van der Waals surface area contributed by atoms with Crippen molar-refractivity contribution >= 4 is 27.6 Å². The Kier molecular flexibility index (Phi) is 10.5. The lowest BCUT2D eigenvalue weighted by atomic mass is 9.85. The molecule has 1 amide bonds. The van der Waals surface area contributed by atoms with Gasteiger partial charge in [-0.05, 0) is 57.2 Å². The Hall–Kier alpha value is -4.77. The number of hydrogen-bond acceptors (Lipinski definition) is 10. The van der Waals surface area contributed by atoms with Gasteiger partial charge in [0.2, 0.25) is 11.8 Å². The quantitative estimate of drug-likeness (QED) is 0.253. The molecule has 6 rings (SSSR count). The van der Waals surface area contributed by atoms with Gasteiger partial charge in [0.25, 0.3) is 10.0 Å². The third kappa shape index (κ3) is 7.99. The predicted molar refractivity (Wildman–Crippen MR) is 186 cm³/mol. The fourth-order valence-corrected chi connectivity index (χ4v) is 7.07. The molecule has 2 aliphatic heterocycles. The number of sulfonamides is 1. The minimum atomic E-state index is -4.48. The summed E-state index contributed by atoms with van der Waals surface area (Å²) in [6.07, 6.45) is 2.74. The van der Waals surface area contributed by atoms with Crippen molar-refractivity contribution in [3.63, 3.8) is 0 Å². The highest BCUT2D eigenvalue weighted by atomic mass is 32.2. The van der Waals surface area contributed by atoms with Crippen LogP contribution in [0, 0.1) is 10.8 Å². The summed E-state index contributed by atoms with van der Waals surface area (Å²) in [6.45, 7) is 2.77. The van der Waals surface area contributed by atoms with Crippen molar-refractivity contribution in [3.05, 3.63) is 66.5 Å². The van der Waals surface area contributed by atoms with Crippen LogP contribution < -0.4 is 20.1 Å². The molecular weight excluding hydrogens is 701 g/mol. The Morgan fingerprint density at radius 3 is 2.60 bits per heavy atom. The number of ether oxygens (including phenoxy) is 2. The number of carbonyl (C=O) groups is 1. The summed E-state index contributed by atoms with van der Waals surface area (Å²) in [7, 11) is -4.30. The van der Waals surface area contributed by atoms with Gasteiger partial charge in [-0.15, -0.1) is 5.10 Å². The molecule has 5 heterocycles. The van der Waals surface area contributed by atoms with Crippen molar-refractivity contribution in [1.82, 2.24) is 24.7 Å². The van der Waals surface area contributed by atoms with E-state index in [1.165, 1.54) is 29.2 Å². The zero-order valence-electron chi connectivity index (χ0n) is 28.9. The third-order valence-corrected chi connectivity index (χ3v) is 10.7. The number of aryl methyl sites for hydroxylation is 1. The van der Waals surface area contributed by atoms with Crippen molar-refractivity contribution in [2.24, 2.45) is 16.6 Å². The van der Waals surface area contributed by atoms with Crippen LogP contribution in [0.4, 0.5) is 24.8 Å². The van der Waals surface area contributed by atoms with E-state index in [1.54, 1.807) is 12.1 Å². The van der Waals surface area contributed by atoms with Gasteiger partial charge in [0, 0.05) is 37.5 Å². The van der Waals surface area contributed by atoms with Crippen LogP contribution in [0.15, 0.2) is 66.0 Å². The van der Waals surface area contributed by atoms with E-state index >= 15 is 0 Å². The molecule has 3 N–H and O–H groups in total. The lowest BCUT2D eigenvalue weighted by molar-refractivity contribution is -0.219. The smallest absolute Gasteiger partial charge is 0.397 e. The first-order valence-electron chi connectivity index (χ1n) is 17.0. The molecular formula is C35H41F3N8O5S. The van der Waals surface area contributed by atoms with E-state index in [0.29, 0.717) is 43.1 Å². The summed E-state index contributed by atoms with van der Waals surface area (Å²) in [6, 6.07) is 13.6. The lowest BCUT2D eigenvalue weighted by Crippen LogP contribution is -2.47. The van der Waals surface area contributed by atoms with E-state index in [1.807, 2.05) is 29.2 Å². The highest BCUT2D eigenvalue weighted by Crippen LogP contribution is 2.38. The predicted octanol–water partition coefficient (Wildman–Crippen LogP) is 5.31. The number of anilines is 2. The van der Waals surface area contributed by atoms with E-state index < -0.39 is 39.5 Å². The molecule has 4 bridgehead atoms. The van der Waals surface area contributed by atoms with Gasteiger partial charge >= 0.3 is 6.18 Å². The van der Waals surface area contributed by atoms with Crippen molar-refractivity contribution in [1.29, 1.82) is 0 Å². The lowest BCUT2D eigenvalue weighted by Gasteiger charge is -2.33. The van der Waals surface area contributed by atoms with Crippen LogP contribution in [0.2, 0.25) is 0 Å². The number of nitrogens with zero attached hydrogens (tertiary/aromatic N) is 6. The van der Waals surface area contributed by atoms with Gasteiger partial charge in [0.15, 0.2) is 16.7 Å². The van der Waals surface area contributed by atoms with Gasteiger partial charge in [0.05, 0.1) is 23.6 Å². The van der Waals surface area contributed by atoms with Crippen LogP contribution in [0.3, 0.4) is 0 Å². The summed E-state index contributed by atoms with van der Waals surface area (Å²) in [5, 5.41) is 4.07. The monoisotopic (exact) mass is 742 g/mol. The number of nitrogens with two attached hydrogens (primary N) is 1. The number of benzene rings is 1. The fourth-order valence-electron chi connectivity index (χ4n) is 6.12. The maximum Gasteiger partial charge on any atom is 0.397 e. The first kappa shape index (κ1) is 37.0. The van der Waals surface area contributed by atoms with Crippen molar-refractivity contribution < 1.29 is 35.9 Å². The molecule has 1 saturated heterocycles. The number of amides is 1. The second kappa shape index (κ2) is 14.7. The Labute approximate surface area is 299 Å². The summed E-state index contributed by atoms with van der Waals surface area (Å²) in [5.41, 5.74) is 4.75. The van der Waals surface area contributed by atoms with Gasteiger partial charge in [-0.25, -0.2) is 19.6 Å². The average Bonchev–Trinajstić information content (AvgIpc) is 3.79. The SMILES string of the molecule is CC(C)(COc1ccn(-c2ncc3nc2-c2ccccc2CCCCCCN(CC2(C(N)=O)CCOC2)c2cccc(n2)S(=O)(=O)N3)n1)C(F)(F)F. The van der Waals surface area contributed by atoms with Crippen molar-refractivity contribution in [3.8, 4) is 23.0 Å². The Bertz CT molecular complexity index is 2020. The molecule has 17 heteroatoms.